The third-order valence-corrected chi connectivity index (χ3v) is 5.76. The number of hydrogen-bond acceptors (Lipinski definition) is 9. The van der Waals surface area contributed by atoms with E-state index in [0.717, 1.165) is 11.3 Å². The highest BCUT2D eigenvalue weighted by Gasteiger charge is 2.18. The van der Waals surface area contributed by atoms with E-state index in [1.54, 1.807) is 6.07 Å². The Labute approximate surface area is 183 Å². The first-order chi connectivity index (χ1) is 14.7. The van der Waals surface area contributed by atoms with Crippen molar-refractivity contribution in [2.24, 2.45) is 5.10 Å². The average Bonchev–Trinajstić information content (AvgIpc) is 2.74. The predicted octanol–water partition coefficient (Wildman–Crippen LogP) is 2.04. The molecular weight excluding hydrogens is 418 g/mol. The SMILES string of the molecule is CC(C)=NNc1ccc(S(=O)(=O)CCc2ccccc2OCC(O)CNC(C)C)nn1. The first-order valence-corrected chi connectivity index (χ1v) is 11.8. The number of nitrogens with one attached hydrogen (secondary N) is 2. The number of benzene rings is 1. The molecule has 0 aliphatic heterocycles. The van der Waals surface area contributed by atoms with Gasteiger partial charge in [-0.2, -0.15) is 5.10 Å². The molecule has 0 aliphatic carbocycles. The van der Waals surface area contributed by atoms with Crippen molar-refractivity contribution in [1.82, 2.24) is 15.5 Å². The number of para-hydroxylation sites is 1. The molecule has 0 radical (unpaired) electrons. The Hall–Kier alpha value is -2.56. The van der Waals surface area contributed by atoms with Gasteiger partial charge in [-0.1, -0.05) is 32.0 Å². The lowest BCUT2D eigenvalue weighted by molar-refractivity contribution is 0.104. The zero-order chi connectivity index (χ0) is 22.9. The van der Waals surface area contributed by atoms with E-state index in [1.165, 1.54) is 12.1 Å². The maximum atomic E-state index is 12.7. The van der Waals surface area contributed by atoms with Gasteiger partial charge in [0.1, 0.15) is 18.5 Å². The van der Waals surface area contributed by atoms with Crippen LogP contribution in [0, 0.1) is 0 Å². The molecule has 0 fully saturated rings. The molecule has 9 nitrogen and oxygen atoms in total. The molecule has 0 amide bonds. The Morgan fingerprint density at radius 3 is 2.55 bits per heavy atom. The number of anilines is 1. The van der Waals surface area contributed by atoms with Crippen molar-refractivity contribution >= 4 is 21.4 Å². The van der Waals surface area contributed by atoms with Crippen LogP contribution in [0.1, 0.15) is 33.3 Å². The van der Waals surface area contributed by atoms with Crippen molar-refractivity contribution in [3.05, 3.63) is 42.0 Å². The summed E-state index contributed by atoms with van der Waals surface area (Å²) < 4.78 is 31.1. The first kappa shape index (κ1) is 24.7. The molecule has 0 saturated carbocycles. The standard InChI is InChI=1S/C21H31N5O4S/c1-15(2)22-13-18(27)14-30-19-8-6-5-7-17(19)11-12-31(28,29)21-10-9-20(25-26-21)24-23-16(3)4/h5-10,15,18,22,27H,11-14H2,1-4H3,(H,24,25). The summed E-state index contributed by atoms with van der Waals surface area (Å²) >= 11 is 0. The van der Waals surface area contributed by atoms with Crippen molar-refractivity contribution in [2.75, 3.05) is 24.3 Å². The van der Waals surface area contributed by atoms with Gasteiger partial charge in [0.25, 0.3) is 0 Å². The summed E-state index contributed by atoms with van der Waals surface area (Å²) in [5.74, 6) is 0.780. The van der Waals surface area contributed by atoms with Gasteiger partial charge in [-0.05, 0) is 44.0 Å². The van der Waals surface area contributed by atoms with Crippen LogP contribution < -0.4 is 15.5 Å². The van der Waals surface area contributed by atoms with Crippen LogP contribution in [0.5, 0.6) is 5.75 Å². The molecule has 10 heteroatoms. The molecule has 31 heavy (non-hydrogen) atoms. The molecule has 0 spiro atoms. The summed E-state index contributed by atoms with van der Waals surface area (Å²) in [4.78, 5) is 0. The topological polar surface area (TPSA) is 126 Å². The van der Waals surface area contributed by atoms with Crippen LogP contribution in [0.4, 0.5) is 5.82 Å². The maximum absolute atomic E-state index is 12.7. The fraction of sp³-hybridized carbons (Fsp3) is 0.476. The summed E-state index contributed by atoms with van der Waals surface area (Å²) in [6.07, 6.45) is -0.415. The number of aryl methyl sites for hydroxylation is 1. The molecule has 0 bridgehead atoms. The molecule has 1 aromatic carbocycles. The van der Waals surface area contributed by atoms with Crippen molar-refractivity contribution in [2.45, 2.75) is 51.3 Å². The lowest BCUT2D eigenvalue weighted by Gasteiger charge is -2.16. The second kappa shape index (κ2) is 11.7. The molecule has 1 aromatic heterocycles. The number of hydrazone groups is 1. The van der Waals surface area contributed by atoms with Gasteiger partial charge in [0.15, 0.2) is 20.7 Å². The van der Waals surface area contributed by atoms with Crippen molar-refractivity contribution < 1.29 is 18.3 Å². The van der Waals surface area contributed by atoms with Gasteiger partial charge in [-0.3, -0.25) is 5.43 Å². The van der Waals surface area contributed by atoms with E-state index in [9.17, 15) is 13.5 Å². The van der Waals surface area contributed by atoms with E-state index < -0.39 is 15.9 Å². The summed E-state index contributed by atoms with van der Waals surface area (Å²) in [5.41, 5.74) is 4.26. The van der Waals surface area contributed by atoms with Crippen molar-refractivity contribution in [3.8, 4) is 5.75 Å². The van der Waals surface area contributed by atoms with Crippen molar-refractivity contribution in [1.29, 1.82) is 0 Å². The Balaban J connectivity index is 1.98. The number of ether oxygens (including phenoxy) is 1. The van der Waals surface area contributed by atoms with E-state index in [0.29, 0.717) is 18.1 Å². The van der Waals surface area contributed by atoms with Crippen LogP contribution in [0.3, 0.4) is 0 Å². The van der Waals surface area contributed by atoms with E-state index in [1.807, 2.05) is 45.9 Å². The quantitative estimate of drug-likeness (QED) is 0.332. The van der Waals surface area contributed by atoms with Gasteiger partial charge in [0, 0.05) is 18.3 Å². The number of aliphatic hydroxyl groups excluding tert-OH is 1. The number of hydrogen-bond donors (Lipinski definition) is 3. The van der Waals surface area contributed by atoms with Crippen LogP contribution in [-0.4, -0.2) is 60.5 Å². The highest BCUT2D eigenvalue weighted by atomic mass is 32.2. The minimum atomic E-state index is -3.62. The minimum absolute atomic E-state index is 0.0937. The van der Waals surface area contributed by atoms with Crippen LogP contribution >= 0.6 is 0 Å². The molecule has 0 saturated heterocycles. The number of rotatable bonds is 12. The van der Waals surface area contributed by atoms with Crippen LogP contribution in [0.2, 0.25) is 0 Å². The molecule has 1 heterocycles. The smallest absolute Gasteiger partial charge is 0.197 e. The second-order valence-electron chi connectivity index (χ2n) is 7.63. The van der Waals surface area contributed by atoms with Gasteiger partial charge in [0.05, 0.1) is 5.75 Å². The Morgan fingerprint density at radius 2 is 1.90 bits per heavy atom. The number of sulfone groups is 1. The van der Waals surface area contributed by atoms with Gasteiger partial charge < -0.3 is 15.2 Å². The van der Waals surface area contributed by atoms with Gasteiger partial charge in [-0.25, -0.2) is 8.42 Å². The highest BCUT2D eigenvalue weighted by molar-refractivity contribution is 7.91. The molecule has 2 aromatic rings. The molecular formula is C21H31N5O4S. The van der Waals surface area contributed by atoms with Crippen LogP contribution in [0.15, 0.2) is 46.5 Å². The fourth-order valence-electron chi connectivity index (χ4n) is 2.53. The third kappa shape index (κ3) is 8.60. The average molecular weight is 450 g/mol. The van der Waals surface area contributed by atoms with Gasteiger partial charge in [-0.15, -0.1) is 10.2 Å². The lowest BCUT2D eigenvalue weighted by Crippen LogP contribution is -2.35. The third-order valence-electron chi connectivity index (χ3n) is 4.16. The lowest BCUT2D eigenvalue weighted by atomic mass is 10.1. The zero-order valence-electron chi connectivity index (χ0n) is 18.4. The maximum Gasteiger partial charge on any atom is 0.197 e. The number of nitrogens with zero attached hydrogens (tertiary/aromatic N) is 3. The van der Waals surface area contributed by atoms with E-state index in [-0.39, 0.29) is 29.8 Å². The Kier molecular flexibility index (Phi) is 9.35. The first-order valence-electron chi connectivity index (χ1n) is 10.1. The molecule has 0 aliphatic rings. The molecule has 1 atom stereocenters. The highest BCUT2D eigenvalue weighted by Crippen LogP contribution is 2.20. The number of aromatic nitrogens is 2. The van der Waals surface area contributed by atoms with Gasteiger partial charge >= 0.3 is 0 Å². The molecule has 2 rings (SSSR count). The summed E-state index contributed by atoms with van der Waals surface area (Å²) in [6, 6.07) is 10.4. The second-order valence-corrected chi connectivity index (χ2v) is 9.69. The molecule has 170 valence electrons. The van der Waals surface area contributed by atoms with Crippen LogP contribution in [-0.2, 0) is 16.3 Å². The predicted molar refractivity (Wildman–Crippen MR) is 121 cm³/mol. The monoisotopic (exact) mass is 449 g/mol. The summed E-state index contributed by atoms with van der Waals surface area (Å²) in [5, 5.41) is 24.8. The normalized spacial score (nSPS) is 12.5. The Bertz CT molecular complexity index is 958. The zero-order valence-corrected chi connectivity index (χ0v) is 19.2. The van der Waals surface area contributed by atoms with E-state index >= 15 is 0 Å². The van der Waals surface area contributed by atoms with E-state index in [4.69, 9.17) is 4.74 Å². The largest absolute Gasteiger partial charge is 0.491 e. The van der Waals surface area contributed by atoms with E-state index in [2.05, 4.69) is 26.0 Å². The van der Waals surface area contributed by atoms with Gasteiger partial charge in [0.2, 0.25) is 0 Å². The van der Waals surface area contributed by atoms with Crippen LogP contribution in [0.25, 0.3) is 0 Å². The Morgan fingerprint density at radius 1 is 1.16 bits per heavy atom. The molecule has 3 N–H and O–H groups in total. The number of aliphatic hydroxyl groups is 1. The van der Waals surface area contributed by atoms with Crippen molar-refractivity contribution in [3.63, 3.8) is 0 Å². The molecule has 1 unspecified atom stereocenters. The minimum Gasteiger partial charge on any atom is -0.491 e. The fourth-order valence-corrected chi connectivity index (χ4v) is 3.67. The summed E-state index contributed by atoms with van der Waals surface area (Å²) in [6.45, 7) is 8.17. The summed E-state index contributed by atoms with van der Waals surface area (Å²) in [7, 11) is -3.62.